The number of ether oxygens (including phenoxy) is 1. The number of thiazole rings is 2. The van der Waals surface area contributed by atoms with Gasteiger partial charge in [0.05, 0.1) is 17.2 Å². The van der Waals surface area contributed by atoms with Crippen LogP contribution in [0.1, 0.15) is 23.9 Å². The molecule has 4 rings (SSSR count). The zero-order chi connectivity index (χ0) is 15.8. The number of rotatable bonds is 3. The molecule has 0 aromatic carbocycles. The highest BCUT2D eigenvalue weighted by Crippen LogP contribution is 2.44. The molecule has 0 N–H and O–H groups in total. The molecule has 8 heteroatoms. The van der Waals surface area contributed by atoms with Crippen LogP contribution in [0, 0.1) is 11.8 Å². The van der Waals surface area contributed by atoms with Crippen LogP contribution in [0.25, 0.3) is 20.5 Å². The minimum Gasteiger partial charge on any atom is -0.482 e. The molecule has 0 amide bonds. The van der Waals surface area contributed by atoms with E-state index in [4.69, 9.17) is 4.74 Å². The molecule has 0 spiro atoms. The summed E-state index contributed by atoms with van der Waals surface area (Å²) in [5, 5.41) is 5.60. The number of hydrogen-bond donors (Lipinski definition) is 0. The molecule has 1 aliphatic rings. The first-order valence-electron chi connectivity index (χ1n) is 7.10. The predicted molar refractivity (Wildman–Crippen MR) is 89.8 cm³/mol. The van der Waals surface area contributed by atoms with E-state index >= 15 is 0 Å². The number of nitrogens with zero attached hydrogens (tertiary/aromatic N) is 4. The van der Waals surface area contributed by atoms with Crippen LogP contribution in [-0.2, 0) is 0 Å². The van der Waals surface area contributed by atoms with Crippen molar-refractivity contribution in [3.63, 3.8) is 0 Å². The molecule has 3 aromatic heterocycles. The summed E-state index contributed by atoms with van der Waals surface area (Å²) in [5.41, 5.74) is 2.55. The molecule has 1 unspecified atom stereocenters. The monoisotopic (exact) mass is 344 g/mol. The Bertz CT molecular complexity index is 860. The molecule has 0 saturated carbocycles. The maximum atomic E-state index is 11.0. The second kappa shape index (κ2) is 5.78. The Morgan fingerprint density at radius 2 is 2.22 bits per heavy atom. The van der Waals surface area contributed by atoms with Gasteiger partial charge in [0.1, 0.15) is 21.8 Å². The lowest BCUT2D eigenvalue weighted by molar-refractivity contribution is 0.275. The van der Waals surface area contributed by atoms with Gasteiger partial charge in [0, 0.05) is 24.4 Å². The first-order valence-corrected chi connectivity index (χ1v) is 8.73. The third kappa shape index (κ3) is 2.53. The molecule has 23 heavy (non-hydrogen) atoms. The lowest BCUT2D eigenvalue weighted by Gasteiger charge is -2.14. The molecular formula is C15H12N4O2S2. The van der Waals surface area contributed by atoms with Crippen molar-refractivity contribution in [3.05, 3.63) is 40.8 Å². The summed E-state index contributed by atoms with van der Waals surface area (Å²) in [7, 11) is 0. The molecule has 1 aliphatic heterocycles. The fourth-order valence-corrected chi connectivity index (χ4v) is 4.62. The number of nitroso groups, excluding NO2 is 1. The molecule has 116 valence electrons. The highest BCUT2D eigenvalue weighted by molar-refractivity contribution is 7.24. The van der Waals surface area contributed by atoms with Gasteiger partial charge in [0.15, 0.2) is 5.06 Å². The Balaban J connectivity index is 1.76. The summed E-state index contributed by atoms with van der Waals surface area (Å²) in [6.07, 6.45) is 4.12. The smallest absolute Gasteiger partial charge is 0.200 e. The van der Waals surface area contributed by atoms with E-state index < -0.39 is 6.04 Å². The minimum atomic E-state index is -0.408. The molecule has 6 nitrogen and oxygen atoms in total. The van der Waals surface area contributed by atoms with Gasteiger partial charge in [-0.3, -0.25) is 4.98 Å². The molecule has 0 saturated heterocycles. The van der Waals surface area contributed by atoms with Crippen LogP contribution in [0.4, 0.5) is 0 Å². The largest absolute Gasteiger partial charge is 0.482 e. The Labute approximate surface area is 140 Å². The standard InChI is InChI=1S/C15H12N4O2S2/c1-8-12(22-13(17-8)9-3-2-5-16-7-9)14-18-11-10(19-20)4-6-21-15(11)23-14/h2-3,5,7,10H,4,6H2,1H3. The summed E-state index contributed by atoms with van der Waals surface area (Å²) in [5.74, 6) is 0. The van der Waals surface area contributed by atoms with Crippen molar-refractivity contribution in [2.24, 2.45) is 5.18 Å². The predicted octanol–water partition coefficient (Wildman–Crippen LogP) is 4.23. The van der Waals surface area contributed by atoms with Crippen molar-refractivity contribution in [2.75, 3.05) is 6.61 Å². The first-order chi connectivity index (χ1) is 11.3. The van der Waals surface area contributed by atoms with Crippen LogP contribution in [0.3, 0.4) is 0 Å². The van der Waals surface area contributed by atoms with Crippen molar-refractivity contribution >= 4 is 22.7 Å². The van der Waals surface area contributed by atoms with Crippen molar-refractivity contribution in [1.82, 2.24) is 15.0 Å². The molecular weight excluding hydrogens is 332 g/mol. The van der Waals surface area contributed by atoms with E-state index in [1.807, 2.05) is 19.1 Å². The summed E-state index contributed by atoms with van der Waals surface area (Å²) < 4.78 is 5.62. The minimum absolute atomic E-state index is 0.408. The molecule has 0 aliphatic carbocycles. The number of aryl methyl sites for hydroxylation is 1. The Hall–Kier alpha value is -2.19. The summed E-state index contributed by atoms with van der Waals surface area (Å²) in [4.78, 5) is 25.3. The maximum Gasteiger partial charge on any atom is 0.200 e. The molecule has 1 atom stereocenters. The summed E-state index contributed by atoms with van der Waals surface area (Å²) >= 11 is 3.02. The van der Waals surface area contributed by atoms with Crippen LogP contribution in [0.15, 0.2) is 29.7 Å². The Kier molecular flexibility index (Phi) is 3.62. The van der Waals surface area contributed by atoms with E-state index in [2.05, 4.69) is 20.1 Å². The Morgan fingerprint density at radius 3 is 3.00 bits per heavy atom. The number of fused-ring (bicyclic) bond motifs is 1. The fraction of sp³-hybridized carbons (Fsp3) is 0.267. The van der Waals surface area contributed by atoms with E-state index in [-0.39, 0.29) is 0 Å². The topological polar surface area (TPSA) is 77.3 Å². The number of hydrogen-bond acceptors (Lipinski definition) is 8. The summed E-state index contributed by atoms with van der Waals surface area (Å²) in [6, 6.07) is 3.47. The van der Waals surface area contributed by atoms with Gasteiger partial charge in [0.25, 0.3) is 0 Å². The fourth-order valence-electron chi connectivity index (χ4n) is 2.44. The molecule has 4 heterocycles. The molecule has 0 fully saturated rings. The highest BCUT2D eigenvalue weighted by atomic mass is 32.1. The van der Waals surface area contributed by atoms with Crippen molar-refractivity contribution < 1.29 is 4.74 Å². The lowest BCUT2D eigenvalue weighted by atomic mass is 10.1. The van der Waals surface area contributed by atoms with E-state index in [9.17, 15) is 4.91 Å². The van der Waals surface area contributed by atoms with E-state index in [1.165, 1.54) is 11.3 Å². The second-order valence-corrected chi connectivity index (χ2v) is 7.09. The molecule has 3 aromatic rings. The van der Waals surface area contributed by atoms with Crippen LogP contribution in [-0.4, -0.2) is 21.6 Å². The third-order valence-electron chi connectivity index (χ3n) is 3.59. The van der Waals surface area contributed by atoms with Crippen LogP contribution < -0.4 is 4.74 Å². The second-order valence-electron chi connectivity index (χ2n) is 5.13. The van der Waals surface area contributed by atoms with Crippen molar-refractivity contribution in [1.29, 1.82) is 0 Å². The normalized spacial score (nSPS) is 16.7. The molecule has 0 radical (unpaired) electrons. The van der Waals surface area contributed by atoms with E-state index in [0.717, 1.165) is 26.1 Å². The molecule has 0 bridgehead atoms. The maximum absolute atomic E-state index is 11.0. The van der Waals surface area contributed by atoms with Crippen LogP contribution in [0.2, 0.25) is 0 Å². The average Bonchev–Trinajstić information content (AvgIpc) is 3.18. The van der Waals surface area contributed by atoms with Gasteiger partial charge in [0.2, 0.25) is 0 Å². The SMILES string of the molecule is Cc1nc(-c2cccnc2)sc1-c1nc2c(s1)OCCC2N=O. The average molecular weight is 344 g/mol. The van der Waals surface area contributed by atoms with Crippen molar-refractivity contribution in [2.45, 2.75) is 19.4 Å². The van der Waals surface area contributed by atoms with E-state index in [0.29, 0.717) is 23.8 Å². The van der Waals surface area contributed by atoms with Gasteiger partial charge in [-0.15, -0.1) is 11.3 Å². The Morgan fingerprint density at radius 1 is 1.30 bits per heavy atom. The summed E-state index contributed by atoms with van der Waals surface area (Å²) in [6.45, 7) is 2.47. The van der Waals surface area contributed by atoms with Crippen LogP contribution in [0.5, 0.6) is 5.06 Å². The van der Waals surface area contributed by atoms with Gasteiger partial charge < -0.3 is 4.74 Å². The zero-order valence-corrected chi connectivity index (χ0v) is 13.9. The van der Waals surface area contributed by atoms with Crippen molar-refractivity contribution in [3.8, 4) is 25.5 Å². The van der Waals surface area contributed by atoms with Crippen LogP contribution >= 0.6 is 22.7 Å². The van der Waals surface area contributed by atoms with Gasteiger partial charge in [-0.05, 0) is 19.1 Å². The zero-order valence-electron chi connectivity index (χ0n) is 12.2. The van der Waals surface area contributed by atoms with Gasteiger partial charge in [-0.25, -0.2) is 9.97 Å². The van der Waals surface area contributed by atoms with Gasteiger partial charge in [-0.1, -0.05) is 16.5 Å². The first kappa shape index (κ1) is 14.4. The lowest BCUT2D eigenvalue weighted by Crippen LogP contribution is -2.11. The van der Waals surface area contributed by atoms with Gasteiger partial charge in [-0.2, -0.15) is 4.91 Å². The number of pyridine rings is 1. The third-order valence-corrected chi connectivity index (χ3v) is 5.93. The van der Waals surface area contributed by atoms with E-state index in [1.54, 1.807) is 23.7 Å². The highest BCUT2D eigenvalue weighted by Gasteiger charge is 2.28. The quantitative estimate of drug-likeness (QED) is 0.665. The number of aromatic nitrogens is 3. The van der Waals surface area contributed by atoms with Gasteiger partial charge >= 0.3 is 0 Å².